The van der Waals surface area contributed by atoms with Crippen LogP contribution in [0.1, 0.15) is 21.9 Å². The number of aromatic nitrogens is 2. The topological polar surface area (TPSA) is 111 Å². The molecule has 2 aliphatic heterocycles. The second kappa shape index (κ2) is 6.97. The number of aliphatic hydroxyl groups is 1. The first kappa shape index (κ1) is 21.3. The van der Waals surface area contributed by atoms with Gasteiger partial charge in [0.1, 0.15) is 12.0 Å². The molecule has 8 nitrogen and oxygen atoms in total. The van der Waals surface area contributed by atoms with Gasteiger partial charge in [-0.2, -0.15) is 0 Å². The SMILES string of the molecule is COC1C=Cn2c(C(N)=O)nc(-c3cccc(C#CC4(O)C(=O)N(C)C5C4C5(F)F)c3)c2C1. The third-order valence-corrected chi connectivity index (χ3v) is 6.44. The Kier molecular flexibility index (Phi) is 4.50. The number of fused-ring (bicyclic) bond motifs is 2. The standard InChI is InChI=1S/C23H20F2N4O4/c1-28-18-17(23(18,24)25)22(32,21(28)31)8-6-12-4-3-5-13(10-12)16-15-11-14(33-2)7-9-29(15)20(27-16)19(26)30/h3-5,7,9-10,14,17-18,32H,11H2,1-2H3,(H2,26,30). The lowest BCUT2D eigenvalue weighted by molar-refractivity contribution is -0.146. The number of piperidine rings is 1. The molecule has 1 aliphatic carbocycles. The fourth-order valence-corrected chi connectivity index (χ4v) is 4.70. The average molecular weight is 454 g/mol. The maximum atomic E-state index is 14.0. The predicted octanol–water partition coefficient (Wildman–Crippen LogP) is 0.879. The number of likely N-dealkylation sites (N-methyl/N-ethyl adjacent to an activating group) is 1. The minimum Gasteiger partial charge on any atom is -0.377 e. The molecule has 3 aliphatic rings. The number of primary amides is 1. The molecule has 1 aromatic carbocycles. The Labute approximate surface area is 187 Å². The van der Waals surface area contributed by atoms with E-state index in [0.29, 0.717) is 23.2 Å². The van der Waals surface area contributed by atoms with Gasteiger partial charge in [0.25, 0.3) is 17.7 Å². The fraction of sp³-hybridized carbons (Fsp3) is 0.348. The van der Waals surface area contributed by atoms with Crippen LogP contribution < -0.4 is 5.73 Å². The molecule has 1 saturated heterocycles. The van der Waals surface area contributed by atoms with Gasteiger partial charge >= 0.3 is 0 Å². The van der Waals surface area contributed by atoms with Crippen LogP contribution in [-0.4, -0.2) is 69.2 Å². The fourth-order valence-electron chi connectivity index (χ4n) is 4.70. The van der Waals surface area contributed by atoms with Crippen LogP contribution in [0.5, 0.6) is 0 Å². The summed E-state index contributed by atoms with van der Waals surface area (Å²) < 4.78 is 35.0. The lowest BCUT2D eigenvalue weighted by Crippen LogP contribution is -2.46. The molecule has 0 spiro atoms. The van der Waals surface area contributed by atoms with Gasteiger partial charge in [0.15, 0.2) is 0 Å². The Bertz CT molecular complexity index is 1290. The molecule has 170 valence electrons. The van der Waals surface area contributed by atoms with Gasteiger partial charge < -0.3 is 20.5 Å². The minimum absolute atomic E-state index is 0.0678. The van der Waals surface area contributed by atoms with Crippen LogP contribution in [0, 0.1) is 17.8 Å². The van der Waals surface area contributed by atoms with Crippen molar-refractivity contribution in [2.24, 2.45) is 11.7 Å². The largest absolute Gasteiger partial charge is 0.377 e. The first-order valence-corrected chi connectivity index (χ1v) is 10.2. The number of nitrogens with zero attached hydrogens (tertiary/aromatic N) is 3. The van der Waals surface area contributed by atoms with Gasteiger partial charge in [-0.3, -0.25) is 14.2 Å². The van der Waals surface area contributed by atoms with Crippen LogP contribution in [0.25, 0.3) is 17.5 Å². The number of carbonyl (C=O) groups is 2. The minimum atomic E-state index is -3.17. The van der Waals surface area contributed by atoms with Crippen LogP contribution in [0.3, 0.4) is 0 Å². The summed E-state index contributed by atoms with van der Waals surface area (Å²) in [5.41, 5.74) is 5.27. The quantitative estimate of drug-likeness (QED) is 0.669. The highest BCUT2D eigenvalue weighted by Crippen LogP contribution is 2.61. The zero-order valence-corrected chi connectivity index (χ0v) is 17.8. The maximum Gasteiger partial charge on any atom is 0.285 e. The van der Waals surface area contributed by atoms with E-state index in [1.54, 1.807) is 48.2 Å². The average Bonchev–Trinajstić information content (AvgIpc) is 3.09. The number of benzene rings is 1. The number of hydrogen-bond donors (Lipinski definition) is 2. The van der Waals surface area contributed by atoms with Crippen molar-refractivity contribution in [1.82, 2.24) is 14.5 Å². The van der Waals surface area contributed by atoms with E-state index >= 15 is 0 Å². The molecule has 0 radical (unpaired) electrons. The molecule has 2 amide bonds. The molecule has 4 unspecified atom stereocenters. The van der Waals surface area contributed by atoms with Crippen LogP contribution in [0.4, 0.5) is 8.78 Å². The summed E-state index contributed by atoms with van der Waals surface area (Å²) in [4.78, 5) is 29.5. The van der Waals surface area contributed by atoms with Crippen molar-refractivity contribution >= 4 is 18.0 Å². The molecule has 2 aromatic rings. The monoisotopic (exact) mass is 454 g/mol. The second-order valence-corrected chi connectivity index (χ2v) is 8.40. The van der Waals surface area contributed by atoms with Crippen molar-refractivity contribution in [1.29, 1.82) is 0 Å². The van der Waals surface area contributed by atoms with Crippen molar-refractivity contribution in [3.05, 3.63) is 47.4 Å². The molecule has 1 aromatic heterocycles. The third-order valence-electron chi connectivity index (χ3n) is 6.44. The van der Waals surface area contributed by atoms with E-state index in [1.807, 2.05) is 0 Å². The van der Waals surface area contributed by atoms with Crippen LogP contribution in [0.2, 0.25) is 0 Å². The summed E-state index contributed by atoms with van der Waals surface area (Å²) in [6.45, 7) is 0. The summed E-state index contributed by atoms with van der Waals surface area (Å²) in [6.07, 6.45) is 3.72. The zero-order valence-electron chi connectivity index (χ0n) is 17.8. The molecule has 10 heteroatoms. The molecule has 4 atom stereocenters. The number of imidazole rings is 1. The Morgan fingerprint density at radius 3 is 2.82 bits per heavy atom. The second-order valence-electron chi connectivity index (χ2n) is 8.40. The molecule has 1 saturated carbocycles. The summed E-state index contributed by atoms with van der Waals surface area (Å²) in [5.74, 6) is -1.12. The van der Waals surface area contributed by atoms with Crippen molar-refractivity contribution < 1.29 is 28.2 Å². The first-order chi connectivity index (χ1) is 15.6. The lowest BCUT2D eigenvalue weighted by Gasteiger charge is -2.21. The van der Waals surface area contributed by atoms with Gasteiger partial charge in [-0.15, -0.1) is 0 Å². The molecule has 3 N–H and O–H groups in total. The van der Waals surface area contributed by atoms with Crippen molar-refractivity contribution in [3.63, 3.8) is 0 Å². The number of alkyl halides is 2. The highest BCUT2D eigenvalue weighted by atomic mass is 19.3. The van der Waals surface area contributed by atoms with E-state index in [9.17, 15) is 23.5 Å². The number of rotatable bonds is 3. The molecule has 33 heavy (non-hydrogen) atoms. The van der Waals surface area contributed by atoms with E-state index in [2.05, 4.69) is 16.8 Å². The number of ether oxygens (including phenoxy) is 1. The van der Waals surface area contributed by atoms with E-state index in [-0.39, 0.29) is 11.9 Å². The van der Waals surface area contributed by atoms with Crippen molar-refractivity contribution in [2.45, 2.75) is 30.1 Å². The van der Waals surface area contributed by atoms with Gasteiger partial charge in [0, 0.05) is 37.9 Å². The zero-order chi connectivity index (χ0) is 23.7. The molecular weight excluding hydrogens is 434 g/mol. The number of hydrogen-bond acceptors (Lipinski definition) is 5. The van der Waals surface area contributed by atoms with Crippen LogP contribution in [0.15, 0.2) is 30.3 Å². The van der Waals surface area contributed by atoms with E-state index in [1.165, 1.54) is 7.05 Å². The van der Waals surface area contributed by atoms with Gasteiger partial charge in [0.2, 0.25) is 11.4 Å². The van der Waals surface area contributed by atoms with Crippen LogP contribution >= 0.6 is 0 Å². The van der Waals surface area contributed by atoms with Gasteiger partial charge in [-0.05, 0) is 18.2 Å². The number of halogens is 2. The molecule has 2 fully saturated rings. The number of likely N-dealkylation sites (tertiary alicyclic amines) is 1. The Morgan fingerprint density at radius 2 is 2.15 bits per heavy atom. The molecule has 5 rings (SSSR count). The summed E-state index contributed by atoms with van der Waals surface area (Å²) in [5, 5.41) is 10.7. The number of carbonyl (C=O) groups excluding carboxylic acids is 2. The number of nitrogens with two attached hydrogens (primary N) is 1. The highest BCUT2D eigenvalue weighted by Gasteiger charge is 2.84. The lowest BCUT2D eigenvalue weighted by atomic mass is 9.97. The summed E-state index contributed by atoms with van der Waals surface area (Å²) in [7, 11) is 2.81. The Hall–Kier alpha value is -3.55. The van der Waals surface area contributed by atoms with Crippen molar-refractivity contribution in [3.8, 4) is 23.1 Å². The summed E-state index contributed by atoms with van der Waals surface area (Å²) in [6, 6.07) is 5.38. The van der Waals surface area contributed by atoms with E-state index in [4.69, 9.17) is 10.5 Å². The first-order valence-electron chi connectivity index (χ1n) is 10.2. The highest BCUT2D eigenvalue weighted by molar-refractivity contribution is 5.94. The van der Waals surface area contributed by atoms with Gasteiger partial charge in [-0.25, -0.2) is 13.8 Å². The summed E-state index contributed by atoms with van der Waals surface area (Å²) >= 11 is 0. The maximum absolute atomic E-state index is 14.0. The Morgan fingerprint density at radius 1 is 1.39 bits per heavy atom. The Balaban J connectivity index is 1.52. The van der Waals surface area contributed by atoms with Gasteiger partial charge in [0.05, 0.1) is 17.5 Å². The predicted molar refractivity (Wildman–Crippen MR) is 113 cm³/mol. The molecule has 0 bridgehead atoms. The molecular formula is C23H20F2N4O4. The van der Waals surface area contributed by atoms with E-state index < -0.39 is 35.3 Å². The van der Waals surface area contributed by atoms with E-state index in [0.717, 1.165) is 10.6 Å². The third kappa shape index (κ3) is 3.00. The molecule has 3 heterocycles. The van der Waals surface area contributed by atoms with Crippen LogP contribution in [-0.2, 0) is 16.0 Å². The van der Waals surface area contributed by atoms with Crippen molar-refractivity contribution in [2.75, 3.05) is 14.2 Å². The number of amides is 2. The normalized spacial score (nSPS) is 28.7. The number of methoxy groups -OCH3 is 1. The smallest absolute Gasteiger partial charge is 0.285 e. The van der Waals surface area contributed by atoms with Gasteiger partial charge in [-0.1, -0.05) is 24.0 Å².